The maximum absolute atomic E-state index is 13.4. The van der Waals surface area contributed by atoms with Crippen LogP contribution < -0.4 is 5.73 Å². The molecule has 4 heteroatoms. The predicted molar refractivity (Wildman–Crippen MR) is 66.8 cm³/mol. The Morgan fingerprint density at radius 2 is 2.06 bits per heavy atom. The van der Waals surface area contributed by atoms with Crippen LogP contribution in [0, 0.1) is 5.82 Å². The summed E-state index contributed by atoms with van der Waals surface area (Å²) in [6.45, 7) is 3.11. The van der Waals surface area contributed by atoms with Gasteiger partial charge in [0.15, 0.2) is 0 Å². The minimum atomic E-state index is -0.335. The third-order valence-electron chi connectivity index (χ3n) is 2.90. The number of likely N-dealkylation sites (tertiary alicyclic amines) is 1. The van der Waals surface area contributed by atoms with Crippen molar-refractivity contribution in [2.75, 3.05) is 13.1 Å². The molecule has 86 valence electrons. The van der Waals surface area contributed by atoms with Gasteiger partial charge in [-0.05, 0) is 43.6 Å². The van der Waals surface area contributed by atoms with Gasteiger partial charge in [-0.3, -0.25) is 4.90 Å². The molecule has 1 aliphatic rings. The Hall–Kier alpha value is -1.00. The second-order valence-corrected chi connectivity index (χ2v) is 4.60. The standard InChI is InChI=1S/C12H15FN2S/c13-11-4-3-9(7-10(11)12(14)16)8-15-5-1-2-6-15/h3-4,7H,1-2,5-6,8H2,(H2,14,16). The van der Waals surface area contributed by atoms with E-state index in [1.807, 2.05) is 0 Å². The molecule has 0 radical (unpaired) electrons. The number of thiocarbonyl (C=S) groups is 1. The van der Waals surface area contributed by atoms with E-state index in [1.165, 1.54) is 18.9 Å². The van der Waals surface area contributed by atoms with Crippen LogP contribution in [0.3, 0.4) is 0 Å². The zero-order valence-corrected chi connectivity index (χ0v) is 9.89. The first kappa shape index (κ1) is 11.5. The molecule has 1 aromatic rings. The largest absolute Gasteiger partial charge is 0.389 e. The van der Waals surface area contributed by atoms with Crippen LogP contribution in [-0.4, -0.2) is 23.0 Å². The summed E-state index contributed by atoms with van der Waals surface area (Å²) in [5.74, 6) is -0.335. The van der Waals surface area contributed by atoms with Crippen molar-refractivity contribution >= 4 is 17.2 Å². The highest BCUT2D eigenvalue weighted by Crippen LogP contribution is 2.15. The van der Waals surface area contributed by atoms with Gasteiger partial charge in [0, 0.05) is 12.1 Å². The summed E-state index contributed by atoms with van der Waals surface area (Å²) in [5, 5.41) is 0. The highest BCUT2D eigenvalue weighted by molar-refractivity contribution is 7.80. The highest BCUT2D eigenvalue weighted by atomic mass is 32.1. The second-order valence-electron chi connectivity index (χ2n) is 4.16. The summed E-state index contributed by atoms with van der Waals surface area (Å²) in [6.07, 6.45) is 2.51. The van der Waals surface area contributed by atoms with Crippen molar-refractivity contribution in [2.24, 2.45) is 5.73 Å². The molecule has 2 rings (SSSR count). The van der Waals surface area contributed by atoms with E-state index in [0.29, 0.717) is 5.56 Å². The molecule has 0 saturated carbocycles. The number of nitrogens with zero attached hydrogens (tertiary/aromatic N) is 1. The number of hydrogen-bond donors (Lipinski definition) is 1. The van der Waals surface area contributed by atoms with Crippen molar-refractivity contribution in [1.82, 2.24) is 4.90 Å². The molecule has 16 heavy (non-hydrogen) atoms. The molecular weight excluding hydrogens is 223 g/mol. The number of rotatable bonds is 3. The van der Waals surface area contributed by atoms with Gasteiger partial charge >= 0.3 is 0 Å². The summed E-state index contributed by atoms with van der Waals surface area (Å²) in [4.78, 5) is 2.48. The zero-order chi connectivity index (χ0) is 11.5. The van der Waals surface area contributed by atoms with Gasteiger partial charge in [0.2, 0.25) is 0 Å². The fourth-order valence-electron chi connectivity index (χ4n) is 2.06. The first-order valence-electron chi connectivity index (χ1n) is 5.47. The van der Waals surface area contributed by atoms with E-state index in [0.717, 1.165) is 25.2 Å². The lowest BCUT2D eigenvalue weighted by Crippen LogP contribution is -2.19. The first-order chi connectivity index (χ1) is 7.66. The lowest BCUT2D eigenvalue weighted by Gasteiger charge is -2.15. The predicted octanol–water partition coefficient (Wildman–Crippen LogP) is 2.06. The molecule has 0 atom stereocenters. The Balaban J connectivity index is 2.15. The SMILES string of the molecule is NC(=S)c1cc(CN2CCCC2)ccc1F. The number of benzene rings is 1. The van der Waals surface area contributed by atoms with E-state index in [9.17, 15) is 4.39 Å². The molecule has 2 N–H and O–H groups in total. The lowest BCUT2D eigenvalue weighted by molar-refractivity contribution is 0.331. The van der Waals surface area contributed by atoms with E-state index in [1.54, 1.807) is 12.1 Å². The van der Waals surface area contributed by atoms with Crippen LogP contribution in [0.1, 0.15) is 24.0 Å². The first-order valence-corrected chi connectivity index (χ1v) is 5.88. The highest BCUT2D eigenvalue weighted by Gasteiger charge is 2.13. The molecule has 1 aromatic carbocycles. The molecule has 2 nitrogen and oxygen atoms in total. The number of hydrogen-bond acceptors (Lipinski definition) is 2. The summed E-state index contributed by atoms with van der Waals surface area (Å²) in [6, 6.07) is 5.01. The monoisotopic (exact) mass is 238 g/mol. The van der Waals surface area contributed by atoms with Crippen molar-refractivity contribution in [1.29, 1.82) is 0 Å². The molecule has 0 unspecified atom stereocenters. The molecule has 1 saturated heterocycles. The molecular formula is C12H15FN2S. The normalized spacial score (nSPS) is 16.6. The molecule has 0 aromatic heterocycles. The molecule has 0 spiro atoms. The lowest BCUT2D eigenvalue weighted by atomic mass is 10.1. The summed E-state index contributed by atoms with van der Waals surface area (Å²) in [7, 11) is 0. The molecule has 1 heterocycles. The number of halogens is 1. The second kappa shape index (κ2) is 4.89. The van der Waals surface area contributed by atoms with Crippen molar-refractivity contribution < 1.29 is 4.39 Å². The van der Waals surface area contributed by atoms with E-state index in [-0.39, 0.29) is 10.8 Å². The minimum Gasteiger partial charge on any atom is -0.389 e. The summed E-state index contributed by atoms with van der Waals surface area (Å²) in [5.41, 5.74) is 6.90. The third kappa shape index (κ3) is 2.57. The molecule has 0 amide bonds. The van der Waals surface area contributed by atoms with Crippen molar-refractivity contribution in [3.8, 4) is 0 Å². The maximum Gasteiger partial charge on any atom is 0.133 e. The van der Waals surface area contributed by atoms with Gasteiger partial charge in [-0.1, -0.05) is 18.3 Å². The fraction of sp³-hybridized carbons (Fsp3) is 0.417. The Kier molecular flexibility index (Phi) is 3.51. The Labute approximate surface area is 100 Å². The van der Waals surface area contributed by atoms with Gasteiger partial charge in [-0.2, -0.15) is 0 Å². The van der Waals surface area contributed by atoms with E-state index < -0.39 is 0 Å². The van der Waals surface area contributed by atoms with Crippen LogP contribution in [0.4, 0.5) is 4.39 Å². The Bertz CT molecular complexity index is 400. The average Bonchev–Trinajstić information content (AvgIpc) is 2.73. The van der Waals surface area contributed by atoms with Gasteiger partial charge in [0.1, 0.15) is 10.8 Å². The average molecular weight is 238 g/mol. The quantitative estimate of drug-likeness (QED) is 0.817. The van der Waals surface area contributed by atoms with Crippen LogP contribution in [0.5, 0.6) is 0 Å². The van der Waals surface area contributed by atoms with E-state index in [2.05, 4.69) is 4.90 Å². The minimum absolute atomic E-state index is 0.126. The van der Waals surface area contributed by atoms with Crippen LogP contribution in [0.25, 0.3) is 0 Å². The Morgan fingerprint density at radius 3 is 2.69 bits per heavy atom. The van der Waals surface area contributed by atoms with Crippen molar-refractivity contribution in [3.05, 3.63) is 35.1 Å². The van der Waals surface area contributed by atoms with Crippen molar-refractivity contribution in [3.63, 3.8) is 0 Å². The van der Waals surface area contributed by atoms with Gasteiger partial charge in [0.25, 0.3) is 0 Å². The molecule has 1 fully saturated rings. The van der Waals surface area contributed by atoms with Crippen molar-refractivity contribution in [2.45, 2.75) is 19.4 Å². The van der Waals surface area contributed by atoms with Crippen LogP contribution in [-0.2, 0) is 6.54 Å². The fourth-order valence-corrected chi connectivity index (χ4v) is 2.21. The molecule has 1 aliphatic heterocycles. The molecule has 0 bridgehead atoms. The summed E-state index contributed by atoms with van der Waals surface area (Å²) < 4.78 is 13.4. The van der Waals surface area contributed by atoms with Crippen LogP contribution in [0.15, 0.2) is 18.2 Å². The van der Waals surface area contributed by atoms with Gasteiger partial charge in [0.05, 0.1) is 0 Å². The maximum atomic E-state index is 13.4. The van der Waals surface area contributed by atoms with E-state index in [4.69, 9.17) is 18.0 Å². The topological polar surface area (TPSA) is 29.3 Å². The van der Waals surface area contributed by atoms with Crippen LogP contribution >= 0.6 is 12.2 Å². The molecule has 0 aliphatic carbocycles. The van der Waals surface area contributed by atoms with Gasteiger partial charge < -0.3 is 5.73 Å². The Morgan fingerprint density at radius 1 is 1.38 bits per heavy atom. The summed E-state index contributed by atoms with van der Waals surface area (Å²) >= 11 is 4.82. The number of nitrogens with two attached hydrogens (primary N) is 1. The van der Waals surface area contributed by atoms with Crippen LogP contribution in [0.2, 0.25) is 0 Å². The van der Waals surface area contributed by atoms with Gasteiger partial charge in [-0.25, -0.2) is 4.39 Å². The third-order valence-corrected chi connectivity index (χ3v) is 3.12. The van der Waals surface area contributed by atoms with E-state index >= 15 is 0 Å². The van der Waals surface area contributed by atoms with Gasteiger partial charge in [-0.15, -0.1) is 0 Å². The zero-order valence-electron chi connectivity index (χ0n) is 9.08. The smallest absolute Gasteiger partial charge is 0.133 e.